The molecule has 0 aromatic carbocycles. The third-order valence-corrected chi connectivity index (χ3v) is 15.1. The number of esters is 1. The molecule has 0 unspecified atom stereocenters. The first kappa shape index (κ1) is 48.5. The monoisotopic (exact) mass is 883 g/mol. The molecule has 6 aliphatic rings. The standard InChI is InChI=1S/C48H78N6O9/c1-48(2,3)63-47(61)54-39-27-15-9-21-33(39)45(59)52-37-25-13-7-19-31(37)43(57)50-35-23-11-5-17-29(35)41(55)49-36-24-12-6-18-30(36)42(56)51-38-26-14-8-20-32(38)44(58)53-40-28-16-10-22-34(40)46(60)62-4/h29-40H,5-28H2,1-4H3,(H,49,55)(H,50,57)(H,51,56)(H,52,59)(H,53,58)(H,54,61)/t29-,30-,31-,32-,33-,34-,35-,36-,37-,38-,39-,40-/m0/s1. The third-order valence-electron chi connectivity index (χ3n) is 15.1. The lowest BCUT2D eigenvalue weighted by Gasteiger charge is -2.39. The Balaban J connectivity index is 1.04. The van der Waals surface area contributed by atoms with Crippen molar-refractivity contribution >= 4 is 41.6 Å². The molecule has 0 bridgehead atoms. The number of rotatable bonds is 12. The fourth-order valence-corrected chi connectivity index (χ4v) is 11.7. The third kappa shape index (κ3) is 13.3. The Hall–Kier alpha value is -3.91. The smallest absolute Gasteiger partial charge is 0.407 e. The second kappa shape index (κ2) is 22.8. The van der Waals surface area contributed by atoms with Gasteiger partial charge in [-0.3, -0.25) is 28.8 Å². The van der Waals surface area contributed by atoms with Crippen LogP contribution in [0, 0.1) is 35.5 Å². The molecule has 12 atom stereocenters. The van der Waals surface area contributed by atoms with Crippen molar-refractivity contribution in [3.8, 4) is 0 Å². The summed E-state index contributed by atoms with van der Waals surface area (Å²) in [6, 6.07) is -1.99. The van der Waals surface area contributed by atoms with Gasteiger partial charge in [0.1, 0.15) is 5.60 Å². The van der Waals surface area contributed by atoms with Gasteiger partial charge in [-0.1, -0.05) is 77.0 Å². The summed E-state index contributed by atoms with van der Waals surface area (Å²) in [5.41, 5.74) is -0.651. The fourth-order valence-electron chi connectivity index (χ4n) is 11.7. The molecule has 6 rings (SSSR count). The van der Waals surface area contributed by atoms with E-state index >= 15 is 0 Å². The maximum absolute atomic E-state index is 14.2. The lowest BCUT2D eigenvalue weighted by atomic mass is 9.79. The van der Waals surface area contributed by atoms with Crippen LogP contribution in [-0.2, 0) is 38.2 Å². The highest BCUT2D eigenvalue weighted by Gasteiger charge is 2.43. The Morgan fingerprint density at radius 2 is 0.571 bits per heavy atom. The van der Waals surface area contributed by atoms with Crippen LogP contribution in [0.3, 0.4) is 0 Å². The van der Waals surface area contributed by atoms with Crippen LogP contribution in [0.4, 0.5) is 4.79 Å². The number of carbonyl (C=O) groups excluding carboxylic acids is 7. The van der Waals surface area contributed by atoms with Crippen LogP contribution in [0.25, 0.3) is 0 Å². The van der Waals surface area contributed by atoms with Gasteiger partial charge in [0.25, 0.3) is 0 Å². The minimum Gasteiger partial charge on any atom is -0.469 e. The number of hydrogen-bond acceptors (Lipinski definition) is 9. The summed E-state index contributed by atoms with van der Waals surface area (Å²) in [4.78, 5) is 95.2. The van der Waals surface area contributed by atoms with Gasteiger partial charge in [-0.15, -0.1) is 0 Å². The lowest BCUT2D eigenvalue weighted by molar-refractivity contribution is -0.148. The Morgan fingerprint density at radius 3 is 0.825 bits per heavy atom. The maximum Gasteiger partial charge on any atom is 0.407 e. The Kier molecular flexibility index (Phi) is 17.6. The molecule has 0 radical (unpaired) electrons. The number of methoxy groups -OCH3 is 1. The summed E-state index contributed by atoms with van der Waals surface area (Å²) in [7, 11) is 1.38. The molecule has 63 heavy (non-hydrogen) atoms. The van der Waals surface area contributed by atoms with E-state index in [1.165, 1.54) is 7.11 Å². The zero-order chi connectivity index (χ0) is 45.1. The van der Waals surface area contributed by atoms with Crippen LogP contribution in [-0.4, -0.2) is 90.6 Å². The predicted molar refractivity (Wildman–Crippen MR) is 237 cm³/mol. The predicted octanol–water partition coefficient (Wildman–Crippen LogP) is 5.62. The van der Waals surface area contributed by atoms with Gasteiger partial charge in [0.15, 0.2) is 0 Å². The fraction of sp³-hybridized carbons (Fsp3) is 0.854. The Bertz CT molecular complexity index is 1620. The van der Waals surface area contributed by atoms with Crippen molar-refractivity contribution in [2.75, 3.05) is 7.11 Å². The van der Waals surface area contributed by atoms with E-state index in [0.29, 0.717) is 70.6 Å². The maximum atomic E-state index is 14.2. The topological polar surface area (TPSA) is 210 Å². The molecule has 6 fully saturated rings. The second-order valence-corrected chi connectivity index (χ2v) is 20.7. The van der Waals surface area contributed by atoms with Crippen molar-refractivity contribution in [1.29, 1.82) is 0 Å². The lowest BCUT2D eigenvalue weighted by Crippen LogP contribution is -2.58. The minimum atomic E-state index is -0.651. The van der Waals surface area contributed by atoms with Crippen LogP contribution >= 0.6 is 0 Å². The molecule has 0 saturated heterocycles. The summed E-state index contributed by atoms with van der Waals surface area (Å²) < 4.78 is 10.5. The number of amides is 6. The molecule has 354 valence electrons. The SMILES string of the molecule is COC(=O)[C@H]1CCCC[C@@H]1NC(=O)[C@H]1CCCC[C@@H]1NC(=O)[C@H]1CCCC[C@@H]1NC(=O)[C@H]1CCCC[C@@H]1NC(=O)[C@H]1CCCC[C@@H]1NC(=O)[C@H]1CCCC[C@@H]1NC(=O)OC(C)(C)C. The quantitative estimate of drug-likeness (QED) is 0.134. The van der Waals surface area contributed by atoms with Gasteiger partial charge in [-0.05, 0) is 97.8 Å². The summed E-state index contributed by atoms with van der Waals surface area (Å²) in [6.07, 6.45) is 18.3. The molecule has 6 amide bonds. The van der Waals surface area contributed by atoms with Crippen molar-refractivity contribution in [1.82, 2.24) is 31.9 Å². The van der Waals surface area contributed by atoms with Crippen molar-refractivity contribution in [2.24, 2.45) is 35.5 Å². The number of alkyl carbamates (subject to hydrolysis) is 1. The second-order valence-electron chi connectivity index (χ2n) is 20.7. The normalized spacial score (nSPS) is 33.9. The molecule has 0 aliphatic heterocycles. The molecule has 6 N–H and O–H groups in total. The summed E-state index contributed by atoms with van der Waals surface area (Å²) in [5, 5.41) is 19.1. The first-order valence-corrected chi connectivity index (χ1v) is 24.8. The van der Waals surface area contributed by atoms with Crippen molar-refractivity contribution in [2.45, 2.75) is 217 Å². The molecule has 0 aromatic heterocycles. The Labute approximate surface area is 375 Å². The van der Waals surface area contributed by atoms with Gasteiger partial charge < -0.3 is 41.4 Å². The van der Waals surface area contributed by atoms with Crippen LogP contribution in [0.2, 0.25) is 0 Å². The molecule has 0 aromatic rings. The van der Waals surface area contributed by atoms with E-state index in [4.69, 9.17) is 9.47 Å². The van der Waals surface area contributed by atoms with Crippen LogP contribution < -0.4 is 31.9 Å². The van der Waals surface area contributed by atoms with Gasteiger partial charge in [0, 0.05) is 36.3 Å². The van der Waals surface area contributed by atoms with Gasteiger partial charge in [-0.25, -0.2) is 4.79 Å². The largest absolute Gasteiger partial charge is 0.469 e. The molecule has 15 nitrogen and oxygen atoms in total. The van der Waals surface area contributed by atoms with Gasteiger partial charge in [0.05, 0.1) is 42.6 Å². The van der Waals surface area contributed by atoms with E-state index in [0.717, 1.165) is 83.5 Å². The van der Waals surface area contributed by atoms with Crippen molar-refractivity contribution < 1.29 is 43.0 Å². The number of carbonyl (C=O) groups is 7. The van der Waals surface area contributed by atoms with E-state index in [2.05, 4.69) is 31.9 Å². The Morgan fingerprint density at radius 1 is 0.349 bits per heavy atom. The zero-order valence-corrected chi connectivity index (χ0v) is 38.6. The molecule has 0 heterocycles. The van der Waals surface area contributed by atoms with Crippen LogP contribution in [0.1, 0.15) is 175 Å². The zero-order valence-electron chi connectivity index (χ0n) is 38.6. The van der Waals surface area contributed by atoms with Crippen LogP contribution in [0.5, 0.6) is 0 Å². The molecule has 6 aliphatic carbocycles. The van der Waals surface area contributed by atoms with E-state index in [9.17, 15) is 33.6 Å². The number of ether oxygens (including phenoxy) is 2. The highest BCUT2D eigenvalue weighted by Crippen LogP contribution is 2.33. The average Bonchev–Trinajstić information content (AvgIpc) is 3.26. The average molecular weight is 883 g/mol. The first-order chi connectivity index (χ1) is 30.2. The minimum absolute atomic E-state index is 0.118. The van der Waals surface area contributed by atoms with Gasteiger partial charge >= 0.3 is 12.1 Å². The highest BCUT2D eigenvalue weighted by atomic mass is 16.6. The number of hydrogen-bond donors (Lipinski definition) is 6. The number of nitrogens with one attached hydrogen (secondary N) is 6. The van der Waals surface area contributed by atoms with E-state index in [1.54, 1.807) is 0 Å². The summed E-state index contributed by atoms with van der Waals surface area (Å²) in [6.45, 7) is 5.42. The van der Waals surface area contributed by atoms with E-state index in [1.807, 2.05) is 20.8 Å². The summed E-state index contributed by atoms with van der Waals surface area (Å²) in [5.74, 6) is -3.42. The first-order valence-electron chi connectivity index (χ1n) is 24.8. The molecular weight excluding hydrogens is 805 g/mol. The van der Waals surface area contributed by atoms with Gasteiger partial charge in [0.2, 0.25) is 29.5 Å². The summed E-state index contributed by atoms with van der Waals surface area (Å²) >= 11 is 0. The van der Waals surface area contributed by atoms with Crippen molar-refractivity contribution in [3.63, 3.8) is 0 Å². The van der Waals surface area contributed by atoms with Gasteiger partial charge in [-0.2, -0.15) is 0 Å². The molecular formula is C48H78N6O9. The highest BCUT2D eigenvalue weighted by molar-refractivity contribution is 5.87. The van der Waals surface area contributed by atoms with E-state index < -0.39 is 41.3 Å². The molecule has 6 saturated carbocycles. The molecule has 15 heteroatoms. The van der Waals surface area contributed by atoms with E-state index in [-0.39, 0.29) is 77.7 Å². The van der Waals surface area contributed by atoms with Crippen LogP contribution in [0.15, 0.2) is 0 Å². The van der Waals surface area contributed by atoms with Crippen molar-refractivity contribution in [3.05, 3.63) is 0 Å². The molecule has 0 spiro atoms.